The molecule has 0 heterocycles. The van der Waals surface area contributed by atoms with Gasteiger partial charge in [-0.1, -0.05) is 46.1 Å². The van der Waals surface area contributed by atoms with Crippen molar-refractivity contribution in [2.45, 2.75) is 46.5 Å². The highest BCUT2D eigenvalue weighted by Gasteiger charge is 2.10. The van der Waals surface area contributed by atoms with Crippen LogP contribution in [0.25, 0.3) is 0 Å². The lowest BCUT2D eigenvalue weighted by atomic mass is 10.2. The van der Waals surface area contributed by atoms with Crippen LogP contribution in [-0.2, 0) is 4.79 Å². The minimum Gasteiger partial charge on any atom is -0.494 e. The largest absolute Gasteiger partial charge is 0.494 e. The Morgan fingerprint density at radius 3 is 2.29 bits per heavy atom. The van der Waals surface area contributed by atoms with Crippen LogP contribution in [0.4, 0.5) is 11.4 Å². The fourth-order valence-corrected chi connectivity index (χ4v) is 2.93. The van der Waals surface area contributed by atoms with Crippen molar-refractivity contribution < 1.29 is 14.3 Å². The van der Waals surface area contributed by atoms with Gasteiger partial charge in [0.25, 0.3) is 5.91 Å². The van der Waals surface area contributed by atoms with Crippen molar-refractivity contribution >= 4 is 40.5 Å². The number of nitrogens with one attached hydrogen (secondary N) is 3. The molecule has 31 heavy (non-hydrogen) atoms. The van der Waals surface area contributed by atoms with Gasteiger partial charge in [-0.05, 0) is 61.1 Å². The Bertz CT molecular complexity index is 882. The average molecular weight is 442 g/mol. The number of hydrogen-bond donors (Lipinski definition) is 3. The van der Waals surface area contributed by atoms with E-state index in [1.165, 1.54) is 12.8 Å². The molecular weight excluding hydrogens is 410 g/mol. The smallest absolute Gasteiger partial charge is 0.257 e. The first-order valence-corrected chi connectivity index (χ1v) is 11.1. The first kappa shape index (κ1) is 24.3. The number of unbranched alkanes of at least 4 members (excludes halogenated alkanes) is 3. The fraction of sp³-hybridized carbons (Fsp3) is 0.375. The van der Waals surface area contributed by atoms with E-state index in [2.05, 4.69) is 22.9 Å². The minimum absolute atomic E-state index is 0.0681. The van der Waals surface area contributed by atoms with Crippen LogP contribution in [0.1, 0.15) is 56.8 Å². The van der Waals surface area contributed by atoms with Crippen molar-refractivity contribution in [2.24, 2.45) is 5.92 Å². The molecule has 2 rings (SSSR count). The Kier molecular flexibility index (Phi) is 9.97. The lowest BCUT2D eigenvalue weighted by Crippen LogP contribution is -2.34. The number of ether oxygens (including phenoxy) is 1. The van der Waals surface area contributed by atoms with Gasteiger partial charge in [0.15, 0.2) is 5.11 Å². The summed E-state index contributed by atoms with van der Waals surface area (Å²) in [5, 5.41) is 8.63. The van der Waals surface area contributed by atoms with Crippen molar-refractivity contribution in [2.75, 3.05) is 17.2 Å². The van der Waals surface area contributed by atoms with Crippen LogP contribution >= 0.6 is 12.2 Å². The maximum Gasteiger partial charge on any atom is 0.257 e. The maximum atomic E-state index is 12.4. The van der Waals surface area contributed by atoms with Gasteiger partial charge < -0.3 is 15.4 Å². The standard InChI is InChI=1S/C24H31N3O3S/c1-4-5-6-7-15-30-21-13-11-18(12-14-21)23(29)27-24(31)26-20-10-8-9-19(16-20)25-22(28)17(2)3/h8-14,16-17H,4-7,15H2,1-3H3,(H,25,28)(H2,26,27,29,31). The molecule has 0 aromatic heterocycles. The van der Waals surface area contributed by atoms with Crippen LogP contribution in [0.5, 0.6) is 5.75 Å². The zero-order valence-electron chi connectivity index (χ0n) is 18.4. The summed E-state index contributed by atoms with van der Waals surface area (Å²) < 4.78 is 5.70. The predicted molar refractivity (Wildman–Crippen MR) is 130 cm³/mol. The summed E-state index contributed by atoms with van der Waals surface area (Å²) in [7, 11) is 0. The van der Waals surface area contributed by atoms with Gasteiger partial charge in [0.1, 0.15) is 5.75 Å². The van der Waals surface area contributed by atoms with Gasteiger partial charge in [-0.2, -0.15) is 0 Å². The Labute approximate surface area is 189 Å². The molecule has 0 saturated carbocycles. The topological polar surface area (TPSA) is 79.5 Å². The molecule has 0 aliphatic carbocycles. The second-order valence-corrected chi connectivity index (χ2v) is 7.97. The number of benzene rings is 2. The highest BCUT2D eigenvalue weighted by atomic mass is 32.1. The molecule has 2 aromatic carbocycles. The van der Waals surface area contributed by atoms with Gasteiger partial charge in [0, 0.05) is 22.9 Å². The summed E-state index contributed by atoms with van der Waals surface area (Å²) in [4.78, 5) is 24.3. The van der Waals surface area contributed by atoms with Crippen molar-refractivity contribution in [3.63, 3.8) is 0 Å². The number of amides is 2. The number of thiocarbonyl (C=S) groups is 1. The van der Waals surface area contributed by atoms with Crippen LogP contribution in [-0.4, -0.2) is 23.5 Å². The lowest BCUT2D eigenvalue weighted by molar-refractivity contribution is -0.118. The molecule has 0 saturated heterocycles. The Balaban J connectivity index is 1.84. The summed E-state index contributed by atoms with van der Waals surface area (Å²) >= 11 is 5.25. The first-order valence-electron chi connectivity index (χ1n) is 10.6. The van der Waals surface area contributed by atoms with Gasteiger partial charge in [0.2, 0.25) is 5.91 Å². The van der Waals surface area contributed by atoms with Crippen LogP contribution in [0, 0.1) is 5.92 Å². The van der Waals surface area contributed by atoms with Crippen LogP contribution in [0.15, 0.2) is 48.5 Å². The number of carbonyl (C=O) groups is 2. The van der Waals surface area contributed by atoms with Crippen LogP contribution in [0.2, 0.25) is 0 Å². The Hall–Kier alpha value is -2.93. The normalized spacial score (nSPS) is 10.5. The molecular formula is C24H31N3O3S. The summed E-state index contributed by atoms with van der Waals surface area (Å²) in [6.07, 6.45) is 4.60. The van der Waals surface area contributed by atoms with Gasteiger partial charge in [-0.15, -0.1) is 0 Å². The van der Waals surface area contributed by atoms with E-state index in [1.807, 2.05) is 13.8 Å². The molecule has 0 radical (unpaired) electrons. The molecule has 0 unspecified atom stereocenters. The fourth-order valence-electron chi connectivity index (χ4n) is 2.72. The first-order chi connectivity index (χ1) is 14.9. The molecule has 0 bridgehead atoms. The molecule has 0 spiro atoms. The van der Waals surface area contributed by atoms with Gasteiger partial charge in [0.05, 0.1) is 6.61 Å². The highest BCUT2D eigenvalue weighted by Crippen LogP contribution is 2.16. The molecule has 166 valence electrons. The highest BCUT2D eigenvalue weighted by molar-refractivity contribution is 7.80. The van der Waals surface area contributed by atoms with Crippen LogP contribution in [0.3, 0.4) is 0 Å². The number of anilines is 2. The lowest BCUT2D eigenvalue weighted by Gasteiger charge is -2.12. The SMILES string of the molecule is CCCCCCOc1ccc(C(=O)NC(=S)Nc2cccc(NC(=O)C(C)C)c2)cc1. The molecule has 0 aliphatic rings. The Morgan fingerprint density at radius 2 is 1.65 bits per heavy atom. The number of rotatable bonds is 10. The molecule has 0 atom stereocenters. The third-order valence-electron chi connectivity index (χ3n) is 4.52. The van der Waals surface area contributed by atoms with E-state index in [-0.39, 0.29) is 22.8 Å². The van der Waals surface area contributed by atoms with Crippen molar-refractivity contribution in [1.29, 1.82) is 0 Å². The third kappa shape index (κ3) is 8.76. The molecule has 2 amide bonds. The average Bonchev–Trinajstić information content (AvgIpc) is 2.74. The quantitative estimate of drug-likeness (QED) is 0.341. The molecule has 3 N–H and O–H groups in total. The van der Waals surface area contributed by atoms with Crippen molar-refractivity contribution in [3.05, 3.63) is 54.1 Å². The van der Waals surface area contributed by atoms with Gasteiger partial charge in [-0.25, -0.2) is 0 Å². The monoisotopic (exact) mass is 441 g/mol. The summed E-state index contributed by atoms with van der Waals surface area (Å²) in [6.45, 7) is 6.51. The molecule has 2 aromatic rings. The molecule has 0 fully saturated rings. The maximum absolute atomic E-state index is 12.4. The van der Waals surface area contributed by atoms with Gasteiger partial charge in [-0.3, -0.25) is 14.9 Å². The molecule has 6 nitrogen and oxygen atoms in total. The second-order valence-electron chi connectivity index (χ2n) is 7.57. The van der Waals surface area contributed by atoms with Crippen molar-refractivity contribution in [3.8, 4) is 5.75 Å². The second kappa shape index (κ2) is 12.7. The van der Waals surface area contributed by atoms with E-state index in [0.29, 0.717) is 23.5 Å². The van der Waals surface area contributed by atoms with Gasteiger partial charge >= 0.3 is 0 Å². The number of hydrogen-bond acceptors (Lipinski definition) is 4. The molecule has 0 aliphatic heterocycles. The molecule has 7 heteroatoms. The van der Waals surface area contributed by atoms with E-state index in [0.717, 1.165) is 18.6 Å². The minimum atomic E-state index is -0.309. The zero-order chi connectivity index (χ0) is 22.6. The van der Waals surface area contributed by atoms with Crippen LogP contribution < -0.4 is 20.7 Å². The summed E-state index contributed by atoms with van der Waals surface area (Å²) in [6, 6.07) is 14.1. The summed E-state index contributed by atoms with van der Waals surface area (Å²) in [5.74, 6) is 0.251. The van der Waals surface area contributed by atoms with E-state index in [9.17, 15) is 9.59 Å². The van der Waals surface area contributed by atoms with E-state index >= 15 is 0 Å². The summed E-state index contributed by atoms with van der Waals surface area (Å²) in [5.41, 5.74) is 1.81. The van der Waals surface area contributed by atoms with E-state index < -0.39 is 0 Å². The Morgan fingerprint density at radius 1 is 0.968 bits per heavy atom. The number of carbonyl (C=O) groups excluding carboxylic acids is 2. The zero-order valence-corrected chi connectivity index (χ0v) is 19.2. The predicted octanol–water partition coefficient (Wildman–Crippen LogP) is 5.37. The third-order valence-corrected chi connectivity index (χ3v) is 4.73. The van der Waals surface area contributed by atoms with Crippen molar-refractivity contribution in [1.82, 2.24) is 5.32 Å². The van der Waals surface area contributed by atoms with E-state index in [4.69, 9.17) is 17.0 Å². The van der Waals surface area contributed by atoms with E-state index in [1.54, 1.807) is 48.5 Å².